The molecule has 3 amide bonds. The van der Waals surface area contributed by atoms with Crippen LogP contribution in [0.15, 0.2) is 77.9 Å². The van der Waals surface area contributed by atoms with Crippen LogP contribution in [0.25, 0.3) is 0 Å². The first kappa shape index (κ1) is 27.7. The second kappa shape index (κ2) is 14.6. The van der Waals surface area contributed by atoms with Crippen LogP contribution in [0.2, 0.25) is 0 Å². The van der Waals surface area contributed by atoms with Crippen molar-refractivity contribution < 1.29 is 28.6 Å². The number of carbonyl (C=O) groups excluding carboxylic acids is 3. The molecular formula is C28H30N4O6. The Hall–Kier alpha value is -4.86. The van der Waals surface area contributed by atoms with Gasteiger partial charge in [0.25, 0.3) is 5.91 Å². The van der Waals surface area contributed by atoms with Crippen LogP contribution < -0.4 is 30.3 Å². The van der Waals surface area contributed by atoms with Gasteiger partial charge in [-0.3, -0.25) is 14.4 Å². The monoisotopic (exact) mass is 518 g/mol. The predicted molar refractivity (Wildman–Crippen MR) is 145 cm³/mol. The third-order valence-corrected chi connectivity index (χ3v) is 5.11. The number of para-hydroxylation sites is 1. The van der Waals surface area contributed by atoms with Crippen molar-refractivity contribution in [3.05, 3.63) is 78.4 Å². The average molecular weight is 519 g/mol. The fourth-order valence-corrected chi connectivity index (χ4v) is 3.10. The summed E-state index contributed by atoms with van der Waals surface area (Å²) < 4.78 is 16.3. The summed E-state index contributed by atoms with van der Waals surface area (Å²) in [6.07, 6.45) is 3.31. The zero-order valence-electron chi connectivity index (χ0n) is 21.2. The van der Waals surface area contributed by atoms with Crippen molar-refractivity contribution in [3.63, 3.8) is 0 Å². The molecule has 0 aromatic heterocycles. The molecule has 3 aromatic rings. The van der Waals surface area contributed by atoms with E-state index in [1.807, 2.05) is 0 Å². The Morgan fingerprint density at radius 3 is 2.16 bits per heavy atom. The molecule has 10 nitrogen and oxygen atoms in total. The van der Waals surface area contributed by atoms with Crippen molar-refractivity contribution in [2.24, 2.45) is 5.10 Å². The summed E-state index contributed by atoms with van der Waals surface area (Å²) in [5, 5.41) is 9.06. The number of benzene rings is 3. The Balaban J connectivity index is 1.47. The zero-order valence-corrected chi connectivity index (χ0v) is 21.2. The fraction of sp³-hybridized carbons (Fsp3) is 0.214. The van der Waals surface area contributed by atoms with Crippen LogP contribution in [0, 0.1) is 0 Å². The lowest BCUT2D eigenvalue weighted by Gasteiger charge is -2.10. The fourth-order valence-electron chi connectivity index (χ4n) is 3.10. The number of ether oxygens (including phenoxy) is 3. The standard InChI is InChI=1S/C28H30N4O6/c1-3-4-17-37-24-15-11-22(12-16-24)31-27(34)28(35)32-29-18-20-7-5-6-8-25(20)38-19-26(33)30-21-9-13-23(36-2)14-10-21/h5-16,18H,3-4,17,19H2,1-2H3,(H,30,33)(H,31,34)(H,32,35)/b29-18-. The summed E-state index contributed by atoms with van der Waals surface area (Å²) in [4.78, 5) is 36.6. The Bertz CT molecular complexity index is 1240. The van der Waals surface area contributed by atoms with E-state index < -0.39 is 11.8 Å². The van der Waals surface area contributed by atoms with Gasteiger partial charge in [0, 0.05) is 16.9 Å². The van der Waals surface area contributed by atoms with Crippen LogP contribution in [0.4, 0.5) is 11.4 Å². The molecule has 0 fully saturated rings. The minimum absolute atomic E-state index is 0.242. The van der Waals surface area contributed by atoms with Gasteiger partial charge in [0.15, 0.2) is 6.61 Å². The number of nitrogens with zero attached hydrogens (tertiary/aromatic N) is 1. The summed E-state index contributed by atoms with van der Waals surface area (Å²) in [6.45, 7) is 2.46. The van der Waals surface area contributed by atoms with E-state index in [0.29, 0.717) is 40.8 Å². The van der Waals surface area contributed by atoms with E-state index in [9.17, 15) is 14.4 Å². The number of unbranched alkanes of at least 4 members (excludes halogenated alkanes) is 1. The summed E-state index contributed by atoms with van der Waals surface area (Å²) in [7, 11) is 1.56. The topological polar surface area (TPSA) is 127 Å². The lowest BCUT2D eigenvalue weighted by atomic mass is 10.2. The lowest BCUT2D eigenvalue weighted by molar-refractivity contribution is -0.136. The summed E-state index contributed by atoms with van der Waals surface area (Å²) in [5.74, 6) is -0.430. The van der Waals surface area contributed by atoms with Crippen molar-refractivity contribution in [2.75, 3.05) is 31.0 Å². The summed E-state index contributed by atoms with van der Waals surface area (Å²) in [6, 6.07) is 20.5. The molecule has 10 heteroatoms. The highest BCUT2D eigenvalue weighted by Gasteiger charge is 2.13. The van der Waals surface area contributed by atoms with Gasteiger partial charge in [-0.15, -0.1) is 0 Å². The van der Waals surface area contributed by atoms with Crippen LogP contribution in [0.3, 0.4) is 0 Å². The highest BCUT2D eigenvalue weighted by Crippen LogP contribution is 2.18. The van der Waals surface area contributed by atoms with Gasteiger partial charge < -0.3 is 24.8 Å². The molecule has 0 atom stereocenters. The van der Waals surface area contributed by atoms with Gasteiger partial charge >= 0.3 is 11.8 Å². The average Bonchev–Trinajstić information content (AvgIpc) is 2.94. The van der Waals surface area contributed by atoms with E-state index in [-0.39, 0.29) is 12.5 Å². The van der Waals surface area contributed by atoms with Gasteiger partial charge in [-0.1, -0.05) is 25.5 Å². The number of hydrogen-bond donors (Lipinski definition) is 3. The van der Waals surface area contributed by atoms with Crippen molar-refractivity contribution >= 4 is 35.3 Å². The van der Waals surface area contributed by atoms with E-state index in [4.69, 9.17) is 14.2 Å². The molecule has 0 aliphatic rings. The molecule has 0 aliphatic carbocycles. The van der Waals surface area contributed by atoms with Gasteiger partial charge in [-0.05, 0) is 67.1 Å². The Morgan fingerprint density at radius 2 is 1.47 bits per heavy atom. The van der Waals surface area contributed by atoms with Crippen molar-refractivity contribution in [2.45, 2.75) is 19.8 Å². The van der Waals surface area contributed by atoms with Crippen LogP contribution in [0.5, 0.6) is 17.2 Å². The van der Waals surface area contributed by atoms with E-state index in [1.54, 1.807) is 79.9 Å². The molecule has 0 spiro atoms. The molecule has 3 N–H and O–H groups in total. The second-order valence-corrected chi connectivity index (χ2v) is 7.98. The van der Waals surface area contributed by atoms with Crippen molar-refractivity contribution in [3.8, 4) is 17.2 Å². The maximum absolute atomic E-state index is 12.2. The molecule has 198 valence electrons. The number of hydrazone groups is 1. The maximum Gasteiger partial charge on any atom is 0.329 e. The Labute approximate surface area is 221 Å². The van der Waals surface area contributed by atoms with E-state index in [1.165, 1.54) is 6.21 Å². The number of rotatable bonds is 12. The SMILES string of the molecule is CCCCOc1ccc(NC(=O)C(=O)N/N=C\c2ccccc2OCC(=O)Nc2ccc(OC)cc2)cc1. The third-order valence-electron chi connectivity index (χ3n) is 5.11. The van der Waals surface area contributed by atoms with Crippen LogP contribution >= 0.6 is 0 Å². The van der Waals surface area contributed by atoms with Gasteiger partial charge in [-0.2, -0.15) is 5.10 Å². The molecule has 0 radical (unpaired) electrons. The second-order valence-electron chi connectivity index (χ2n) is 7.98. The molecule has 38 heavy (non-hydrogen) atoms. The number of methoxy groups -OCH3 is 1. The van der Waals surface area contributed by atoms with Crippen LogP contribution in [-0.4, -0.2) is 44.3 Å². The van der Waals surface area contributed by atoms with E-state index >= 15 is 0 Å². The highest BCUT2D eigenvalue weighted by atomic mass is 16.5. The first-order valence-corrected chi connectivity index (χ1v) is 12.0. The molecule has 0 aliphatic heterocycles. The molecule has 3 rings (SSSR count). The Morgan fingerprint density at radius 1 is 0.816 bits per heavy atom. The van der Waals surface area contributed by atoms with E-state index in [2.05, 4.69) is 28.1 Å². The largest absolute Gasteiger partial charge is 0.497 e. The number of amides is 3. The normalized spacial score (nSPS) is 10.5. The molecule has 3 aromatic carbocycles. The molecule has 0 saturated carbocycles. The van der Waals surface area contributed by atoms with Crippen molar-refractivity contribution in [1.82, 2.24) is 5.43 Å². The van der Waals surface area contributed by atoms with Gasteiger partial charge in [0.05, 0.1) is 19.9 Å². The van der Waals surface area contributed by atoms with Crippen LogP contribution in [-0.2, 0) is 14.4 Å². The van der Waals surface area contributed by atoms with Gasteiger partial charge in [0.2, 0.25) is 0 Å². The molecule has 0 heterocycles. The number of nitrogens with one attached hydrogen (secondary N) is 3. The molecular weight excluding hydrogens is 488 g/mol. The number of anilines is 2. The van der Waals surface area contributed by atoms with Gasteiger partial charge in [-0.25, -0.2) is 5.43 Å². The molecule has 0 unspecified atom stereocenters. The summed E-state index contributed by atoms with van der Waals surface area (Å²) >= 11 is 0. The quantitative estimate of drug-likeness (QED) is 0.144. The third kappa shape index (κ3) is 8.98. The first-order valence-electron chi connectivity index (χ1n) is 12.0. The van der Waals surface area contributed by atoms with Crippen molar-refractivity contribution in [1.29, 1.82) is 0 Å². The maximum atomic E-state index is 12.2. The number of carbonyl (C=O) groups is 3. The molecule has 0 saturated heterocycles. The number of hydrogen-bond acceptors (Lipinski definition) is 7. The predicted octanol–water partition coefficient (Wildman–Crippen LogP) is 3.98. The summed E-state index contributed by atoms with van der Waals surface area (Å²) in [5.41, 5.74) is 3.73. The zero-order chi connectivity index (χ0) is 27.2. The first-order chi connectivity index (χ1) is 18.5. The minimum atomic E-state index is -0.943. The lowest BCUT2D eigenvalue weighted by Crippen LogP contribution is -2.32. The van der Waals surface area contributed by atoms with Crippen LogP contribution in [0.1, 0.15) is 25.3 Å². The molecule has 0 bridgehead atoms. The highest BCUT2D eigenvalue weighted by molar-refractivity contribution is 6.39. The smallest absolute Gasteiger partial charge is 0.329 e. The van der Waals surface area contributed by atoms with Gasteiger partial charge in [0.1, 0.15) is 17.2 Å². The minimum Gasteiger partial charge on any atom is -0.497 e. The van der Waals surface area contributed by atoms with E-state index in [0.717, 1.165) is 12.8 Å². The Kier molecular flexibility index (Phi) is 10.7.